The SMILES string of the molecule is Cc1ccc(S(=O)(=O)CCC(=O)OCC(=O)N(C)Cc2ccccc2F)cc1. The molecule has 0 spiro atoms. The van der Waals surface area contributed by atoms with Gasteiger partial charge >= 0.3 is 5.97 Å². The third-order valence-corrected chi connectivity index (χ3v) is 5.83. The van der Waals surface area contributed by atoms with Crippen LogP contribution in [-0.2, 0) is 30.7 Å². The molecule has 28 heavy (non-hydrogen) atoms. The lowest BCUT2D eigenvalue weighted by Gasteiger charge is -2.17. The second-order valence-electron chi connectivity index (χ2n) is 6.38. The van der Waals surface area contributed by atoms with E-state index in [1.54, 1.807) is 30.3 Å². The van der Waals surface area contributed by atoms with Gasteiger partial charge in [-0.2, -0.15) is 0 Å². The molecule has 0 aliphatic heterocycles. The number of hydrogen-bond acceptors (Lipinski definition) is 5. The number of benzene rings is 2. The monoisotopic (exact) mass is 407 g/mol. The van der Waals surface area contributed by atoms with Crippen LogP contribution in [0.1, 0.15) is 17.5 Å². The molecule has 0 aliphatic carbocycles. The molecule has 2 rings (SSSR count). The molecule has 0 unspecified atom stereocenters. The minimum Gasteiger partial charge on any atom is -0.456 e. The van der Waals surface area contributed by atoms with E-state index in [-0.39, 0.29) is 17.9 Å². The zero-order chi connectivity index (χ0) is 20.7. The number of hydrogen-bond donors (Lipinski definition) is 0. The first kappa shape index (κ1) is 21.6. The van der Waals surface area contributed by atoms with Crippen LogP contribution in [0.15, 0.2) is 53.4 Å². The molecule has 0 saturated heterocycles. The highest BCUT2D eigenvalue weighted by Gasteiger charge is 2.18. The molecule has 0 aliphatic rings. The van der Waals surface area contributed by atoms with Crippen molar-refractivity contribution in [2.75, 3.05) is 19.4 Å². The van der Waals surface area contributed by atoms with E-state index in [0.29, 0.717) is 5.56 Å². The van der Waals surface area contributed by atoms with Gasteiger partial charge in [-0.25, -0.2) is 12.8 Å². The molecular weight excluding hydrogens is 385 g/mol. The van der Waals surface area contributed by atoms with Gasteiger partial charge in [-0.15, -0.1) is 0 Å². The normalized spacial score (nSPS) is 11.1. The van der Waals surface area contributed by atoms with Gasteiger partial charge in [0.15, 0.2) is 16.4 Å². The van der Waals surface area contributed by atoms with Crippen molar-refractivity contribution in [3.8, 4) is 0 Å². The van der Waals surface area contributed by atoms with Gasteiger partial charge in [0.1, 0.15) is 5.82 Å². The van der Waals surface area contributed by atoms with Gasteiger partial charge in [0.2, 0.25) is 0 Å². The number of ether oxygens (including phenoxy) is 1. The molecule has 0 bridgehead atoms. The fourth-order valence-corrected chi connectivity index (χ4v) is 3.60. The topological polar surface area (TPSA) is 80.7 Å². The molecule has 0 fully saturated rings. The minimum atomic E-state index is -3.61. The number of likely N-dealkylation sites (N-methyl/N-ethyl adjacent to an activating group) is 1. The standard InChI is InChI=1S/C20H22FNO5S/c1-15-7-9-17(10-8-15)28(25,26)12-11-20(24)27-14-19(23)22(2)13-16-5-3-4-6-18(16)21/h3-10H,11-14H2,1-2H3. The lowest BCUT2D eigenvalue weighted by atomic mass is 10.2. The van der Waals surface area contributed by atoms with E-state index < -0.39 is 39.9 Å². The number of aryl methyl sites for hydroxylation is 1. The Morgan fingerprint density at radius 2 is 1.71 bits per heavy atom. The van der Waals surface area contributed by atoms with E-state index in [4.69, 9.17) is 4.74 Å². The number of amides is 1. The number of sulfone groups is 1. The Bertz CT molecular complexity index is 941. The maximum absolute atomic E-state index is 13.6. The molecule has 0 heterocycles. The summed E-state index contributed by atoms with van der Waals surface area (Å²) in [5.74, 6) is -2.14. The minimum absolute atomic E-state index is 0.0326. The van der Waals surface area contributed by atoms with Gasteiger partial charge in [0.25, 0.3) is 5.91 Å². The van der Waals surface area contributed by atoms with E-state index >= 15 is 0 Å². The summed E-state index contributed by atoms with van der Waals surface area (Å²) in [5.41, 5.74) is 1.27. The summed E-state index contributed by atoms with van der Waals surface area (Å²) in [6, 6.07) is 12.4. The summed E-state index contributed by atoms with van der Waals surface area (Å²) in [6.45, 7) is 1.34. The van der Waals surface area contributed by atoms with E-state index in [9.17, 15) is 22.4 Å². The van der Waals surface area contributed by atoms with Crippen molar-refractivity contribution in [3.05, 3.63) is 65.5 Å². The Balaban J connectivity index is 1.80. The number of carbonyl (C=O) groups is 2. The second kappa shape index (κ2) is 9.45. The molecule has 150 valence electrons. The fraction of sp³-hybridized carbons (Fsp3) is 0.300. The summed E-state index contributed by atoms with van der Waals surface area (Å²) in [5, 5.41) is 0. The molecule has 0 atom stereocenters. The van der Waals surface area contributed by atoms with Gasteiger partial charge in [0, 0.05) is 19.2 Å². The summed E-state index contributed by atoms with van der Waals surface area (Å²) in [4.78, 5) is 25.2. The first-order chi connectivity index (χ1) is 13.2. The predicted molar refractivity (Wildman–Crippen MR) is 102 cm³/mol. The smallest absolute Gasteiger partial charge is 0.307 e. The summed E-state index contributed by atoms with van der Waals surface area (Å²) < 4.78 is 42.9. The second-order valence-corrected chi connectivity index (χ2v) is 8.49. The molecule has 6 nitrogen and oxygen atoms in total. The molecule has 0 aromatic heterocycles. The van der Waals surface area contributed by atoms with E-state index in [2.05, 4.69) is 0 Å². The van der Waals surface area contributed by atoms with E-state index in [1.807, 2.05) is 6.92 Å². The van der Waals surface area contributed by atoms with Gasteiger partial charge in [-0.05, 0) is 25.1 Å². The molecule has 0 radical (unpaired) electrons. The first-order valence-corrected chi connectivity index (χ1v) is 10.3. The van der Waals surface area contributed by atoms with Crippen molar-refractivity contribution in [2.24, 2.45) is 0 Å². The van der Waals surface area contributed by atoms with Crippen LogP contribution in [0.2, 0.25) is 0 Å². The Hall–Kier alpha value is -2.74. The number of nitrogens with zero attached hydrogens (tertiary/aromatic N) is 1. The lowest BCUT2D eigenvalue weighted by Crippen LogP contribution is -2.31. The molecule has 2 aromatic carbocycles. The molecule has 2 aromatic rings. The number of rotatable bonds is 8. The highest BCUT2D eigenvalue weighted by Crippen LogP contribution is 2.13. The van der Waals surface area contributed by atoms with Crippen LogP contribution in [0.3, 0.4) is 0 Å². The Kier molecular flexibility index (Phi) is 7.28. The highest BCUT2D eigenvalue weighted by molar-refractivity contribution is 7.91. The highest BCUT2D eigenvalue weighted by atomic mass is 32.2. The maximum Gasteiger partial charge on any atom is 0.307 e. The first-order valence-electron chi connectivity index (χ1n) is 8.61. The fourth-order valence-electron chi connectivity index (χ4n) is 2.38. The van der Waals surface area contributed by atoms with Crippen molar-refractivity contribution in [1.82, 2.24) is 4.90 Å². The number of halogens is 1. The van der Waals surface area contributed by atoms with E-state index in [1.165, 1.54) is 30.1 Å². The van der Waals surface area contributed by atoms with Gasteiger partial charge in [0.05, 0.1) is 17.1 Å². The van der Waals surface area contributed by atoms with Crippen LogP contribution in [0.4, 0.5) is 4.39 Å². The van der Waals surface area contributed by atoms with Gasteiger partial charge in [-0.3, -0.25) is 9.59 Å². The average Bonchev–Trinajstić information content (AvgIpc) is 2.66. The zero-order valence-corrected chi connectivity index (χ0v) is 16.5. The van der Waals surface area contributed by atoms with Crippen LogP contribution < -0.4 is 0 Å². The third kappa shape index (κ3) is 6.16. The molecular formula is C20H22FNO5S. The molecule has 1 amide bonds. The van der Waals surface area contributed by atoms with Crippen molar-refractivity contribution in [2.45, 2.75) is 24.8 Å². The van der Waals surface area contributed by atoms with Crippen molar-refractivity contribution >= 4 is 21.7 Å². The van der Waals surface area contributed by atoms with Crippen molar-refractivity contribution in [1.29, 1.82) is 0 Å². The van der Waals surface area contributed by atoms with Gasteiger partial charge < -0.3 is 9.64 Å². The van der Waals surface area contributed by atoms with Crippen LogP contribution in [0.5, 0.6) is 0 Å². The van der Waals surface area contributed by atoms with Crippen molar-refractivity contribution in [3.63, 3.8) is 0 Å². The molecule has 8 heteroatoms. The summed E-state index contributed by atoms with van der Waals surface area (Å²) in [7, 11) is -2.15. The van der Waals surface area contributed by atoms with Gasteiger partial charge in [-0.1, -0.05) is 35.9 Å². The summed E-state index contributed by atoms with van der Waals surface area (Å²) in [6.07, 6.45) is -0.361. The van der Waals surface area contributed by atoms with Crippen LogP contribution in [0, 0.1) is 12.7 Å². The Labute approximate surface area is 163 Å². The number of esters is 1. The third-order valence-electron chi connectivity index (χ3n) is 4.10. The predicted octanol–water partition coefficient (Wildman–Crippen LogP) is 2.50. The zero-order valence-electron chi connectivity index (χ0n) is 15.7. The van der Waals surface area contributed by atoms with Crippen LogP contribution in [-0.4, -0.2) is 44.6 Å². The largest absolute Gasteiger partial charge is 0.456 e. The maximum atomic E-state index is 13.6. The Morgan fingerprint density at radius 1 is 1.07 bits per heavy atom. The summed E-state index contributed by atoms with van der Waals surface area (Å²) >= 11 is 0. The Morgan fingerprint density at radius 3 is 2.36 bits per heavy atom. The average molecular weight is 407 g/mol. The lowest BCUT2D eigenvalue weighted by molar-refractivity contribution is -0.151. The van der Waals surface area contributed by atoms with Crippen molar-refractivity contribution < 1.29 is 27.1 Å². The number of carbonyl (C=O) groups excluding carboxylic acids is 2. The molecule has 0 saturated carbocycles. The molecule has 0 N–H and O–H groups in total. The van der Waals surface area contributed by atoms with Crippen LogP contribution >= 0.6 is 0 Å². The van der Waals surface area contributed by atoms with Crippen LogP contribution in [0.25, 0.3) is 0 Å². The van der Waals surface area contributed by atoms with E-state index in [0.717, 1.165) is 5.56 Å². The quantitative estimate of drug-likeness (QED) is 0.628.